The highest BCUT2D eigenvalue weighted by atomic mass is 35.5. The van der Waals surface area contributed by atoms with Crippen LogP contribution < -0.4 is 0 Å². The fraction of sp³-hybridized carbons (Fsp3) is 0.450. The third-order valence-corrected chi connectivity index (χ3v) is 5.71. The van der Waals surface area contributed by atoms with E-state index in [1.54, 1.807) is 7.11 Å². The molecule has 1 aromatic heterocycles. The van der Waals surface area contributed by atoms with Crippen molar-refractivity contribution in [3.63, 3.8) is 0 Å². The SMILES string of the molecule is COC(CN1CCN(CCC(=O)c2cccs2)CC1)c1ccccc1.Cl.Cl. The van der Waals surface area contributed by atoms with Crippen LogP contribution in [0, 0.1) is 0 Å². The maximum atomic E-state index is 12.1. The van der Waals surface area contributed by atoms with Crippen molar-refractivity contribution in [3.8, 4) is 0 Å². The molecule has 0 N–H and O–H groups in total. The number of hydrogen-bond acceptors (Lipinski definition) is 5. The molecule has 0 amide bonds. The third kappa shape index (κ3) is 7.18. The van der Waals surface area contributed by atoms with Crippen molar-refractivity contribution < 1.29 is 9.53 Å². The van der Waals surface area contributed by atoms with Crippen molar-refractivity contribution in [2.24, 2.45) is 0 Å². The van der Waals surface area contributed by atoms with E-state index < -0.39 is 0 Å². The highest BCUT2D eigenvalue weighted by Crippen LogP contribution is 2.19. The third-order valence-electron chi connectivity index (χ3n) is 4.80. The van der Waals surface area contributed by atoms with Gasteiger partial charge in [-0.15, -0.1) is 36.2 Å². The van der Waals surface area contributed by atoms with Gasteiger partial charge in [-0.25, -0.2) is 0 Å². The minimum absolute atomic E-state index is 0. The van der Waals surface area contributed by atoms with E-state index in [0.29, 0.717) is 6.42 Å². The molecule has 1 fully saturated rings. The van der Waals surface area contributed by atoms with Crippen molar-refractivity contribution in [3.05, 3.63) is 58.3 Å². The molecule has 2 aromatic rings. The largest absolute Gasteiger partial charge is 0.375 e. The van der Waals surface area contributed by atoms with Gasteiger partial charge in [-0.2, -0.15) is 0 Å². The topological polar surface area (TPSA) is 32.8 Å². The number of nitrogens with zero attached hydrogens (tertiary/aromatic N) is 2. The van der Waals surface area contributed by atoms with Gasteiger partial charge in [0.2, 0.25) is 0 Å². The number of ether oxygens (including phenoxy) is 1. The summed E-state index contributed by atoms with van der Waals surface area (Å²) in [5, 5.41) is 1.96. The molecule has 1 atom stereocenters. The first-order valence-electron chi connectivity index (χ1n) is 8.85. The predicted molar refractivity (Wildman–Crippen MR) is 117 cm³/mol. The molecule has 1 aliphatic rings. The van der Waals surface area contributed by atoms with E-state index in [1.807, 2.05) is 23.6 Å². The molecule has 0 saturated carbocycles. The number of Topliss-reactive ketones (excluding diaryl/α,β-unsaturated/α-hetero) is 1. The van der Waals surface area contributed by atoms with E-state index in [0.717, 1.165) is 44.1 Å². The fourth-order valence-electron chi connectivity index (χ4n) is 3.23. The molecule has 1 aromatic carbocycles. The van der Waals surface area contributed by atoms with E-state index >= 15 is 0 Å². The zero-order valence-electron chi connectivity index (χ0n) is 15.6. The van der Waals surface area contributed by atoms with Crippen molar-refractivity contribution in [1.82, 2.24) is 9.80 Å². The molecular formula is C20H28Cl2N2O2S. The molecule has 1 saturated heterocycles. The number of thiophene rings is 1. The Hall–Kier alpha value is -0.950. The molecule has 0 spiro atoms. The predicted octanol–water partition coefficient (Wildman–Crippen LogP) is 4.17. The van der Waals surface area contributed by atoms with Crippen LogP contribution in [0.2, 0.25) is 0 Å². The van der Waals surface area contributed by atoms with Crippen LogP contribution in [-0.2, 0) is 4.74 Å². The van der Waals surface area contributed by atoms with Gasteiger partial charge in [0.25, 0.3) is 0 Å². The average Bonchev–Trinajstić information content (AvgIpc) is 3.21. The zero-order valence-corrected chi connectivity index (χ0v) is 18.0. The number of piperazine rings is 1. The fourth-order valence-corrected chi connectivity index (χ4v) is 3.93. The zero-order chi connectivity index (χ0) is 17.5. The van der Waals surface area contributed by atoms with Crippen LogP contribution >= 0.6 is 36.2 Å². The van der Waals surface area contributed by atoms with Gasteiger partial charge >= 0.3 is 0 Å². The van der Waals surface area contributed by atoms with E-state index in [1.165, 1.54) is 16.9 Å². The van der Waals surface area contributed by atoms with Crippen LogP contribution in [-0.4, -0.2) is 62.0 Å². The Morgan fingerprint density at radius 1 is 1.04 bits per heavy atom. The second kappa shape index (κ2) is 12.5. The van der Waals surface area contributed by atoms with Gasteiger partial charge in [0.05, 0.1) is 11.0 Å². The summed E-state index contributed by atoms with van der Waals surface area (Å²) in [7, 11) is 1.78. The lowest BCUT2D eigenvalue weighted by Crippen LogP contribution is -2.48. The highest BCUT2D eigenvalue weighted by Gasteiger charge is 2.21. The molecule has 150 valence electrons. The Morgan fingerprint density at radius 3 is 2.30 bits per heavy atom. The lowest BCUT2D eigenvalue weighted by molar-refractivity contribution is 0.0416. The first kappa shape index (κ1) is 24.1. The minimum Gasteiger partial charge on any atom is -0.375 e. The van der Waals surface area contributed by atoms with E-state index in [4.69, 9.17) is 4.74 Å². The number of methoxy groups -OCH3 is 1. The summed E-state index contributed by atoms with van der Waals surface area (Å²) < 4.78 is 5.69. The van der Waals surface area contributed by atoms with Crippen molar-refractivity contribution >= 4 is 41.9 Å². The molecule has 7 heteroatoms. The Morgan fingerprint density at radius 2 is 1.70 bits per heavy atom. The molecule has 27 heavy (non-hydrogen) atoms. The molecule has 3 rings (SSSR count). The first-order chi connectivity index (χ1) is 12.3. The van der Waals surface area contributed by atoms with Crippen molar-refractivity contribution in [2.75, 3.05) is 46.4 Å². The summed E-state index contributed by atoms with van der Waals surface area (Å²) in [5.74, 6) is 0.265. The van der Waals surface area contributed by atoms with Gasteiger partial charge in [0, 0.05) is 52.8 Å². The van der Waals surface area contributed by atoms with Crippen LogP contribution in [0.4, 0.5) is 0 Å². The summed E-state index contributed by atoms with van der Waals surface area (Å²) in [6.07, 6.45) is 0.735. The summed E-state index contributed by atoms with van der Waals surface area (Å²) >= 11 is 1.54. The van der Waals surface area contributed by atoms with Crippen LogP contribution in [0.3, 0.4) is 0 Å². The summed E-state index contributed by atoms with van der Waals surface area (Å²) in [6, 6.07) is 14.3. The molecule has 0 radical (unpaired) electrons. The van der Waals surface area contributed by atoms with Gasteiger partial charge in [-0.05, 0) is 17.0 Å². The van der Waals surface area contributed by atoms with E-state index in [-0.39, 0.29) is 36.7 Å². The number of carbonyl (C=O) groups excluding carboxylic acids is 1. The number of carbonyl (C=O) groups is 1. The molecule has 1 unspecified atom stereocenters. The molecule has 0 aliphatic carbocycles. The molecule has 1 aliphatic heterocycles. The standard InChI is InChI=1S/C20H26N2O2S.2ClH/c1-24-19(17-6-3-2-4-7-17)16-22-13-11-21(12-14-22)10-9-18(23)20-8-5-15-25-20;;/h2-8,15,19H,9-14,16H2,1H3;2*1H. The smallest absolute Gasteiger partial charge is 0.174 e. The Labute approximate surface area is 178 Å². The Kier molecular flexibility index (Phi) is 11.1. The highest BCUT2D eigenvalue weighted by molar-refractivity contribution is 7.12. The first-order valence-corrected chi connectivity index (χ1v) is 9.73. The Bertz CT molecular complexity index is 647. The molecule has 0 bridgehead atoms. The van der Waals surface area contributed by atoms with Gasteiger partial charge in [0.15, 0.2) is 5.78 Å². The summed E-state index contributed by atoms with van der Waals surface area (Å²) in [6.45, 7) is 5.87. The normalized spacial score (nSPS) is 16.2. The average molecular weight is 431 g/mol. The van der Waals surface area contributed by atoms with Crippen LogP contribution in [0.1, 0.15) is 27.8 Å². The maximum Gasteiger partial charge on any atom is 0.174 e. The summed E-state index contributed by atoms with van der Waals surface area (Å²) in [5.41, 5.74) is 1.23. The van der Waals surface area contributed by atoms with Gasteiger partial charge in [-0.3, -0.25) is 9.69 Å². The van der Waals surface area contributed by atoms with Crippen molar-refractivity contribution in [1.29, 1.82) is 0 Å². The van der Waals surface area contributed by atoms with E-state index in [9.17, 15) is 4.79 Å². The number of benzene rings is 1. The summed E-state index contributed by atoms with van der Waals surface area (Å²) in [4.78, 5) is 17.8. The lowest BCUT2D eigenvalue weighted by Gasteiger charge is -2.36. The van der Waals surface area contributed by atoms with E-state index in [2.05, 4.69) is 34.1 Å². The minimum atomic E-state index is 0. The molecule has 4 nitrogen and oxygen atoms in total. The quantitative estimate of drug-likeness (QED) is 0.588. The molecule has 2 heterocycles. The molecular weight excluding hydrogens is 403 g/mol. The number of ketones is 1. The van der Waals surface area contributed by atoms with Crippen LogP contribution in [0.5, 0.6) is 0 Å². The van der Waals surface area contributed by atoms with Crippen LogP contribution in [0.25, 0.3) is 0 Å². The number of rotatable bonds is 8. The van der Waals surface area contributed by atoms with Gasteiger partial charge in [0.1, 0.15) is 0 Å². The van der Waals surface area contributed by atoms with Crippen LogP contribution in [0.15, 0.2) is 47.8 Å². The Balaban J connectivity index is 0.00000182. The second-order valence-corrected chi connectivity index (χ2v) is 7.38. The monoisotopic (exact) mass is 430 g/mol. The van der Waals surface area contributed by atoms with Gasteiger partial charge in [-0.1, -0.05) is 36.4 Å². The van der Waals surface area contributed by atoms with Gasteiger partial charge < -0.3 is 9.64 Å². The lowest BCUT2D eigenvalue weighted by atomic mass is 10.1. The second-order valence-electron chi connectivity index (χ2n) is 6.43. The maximum absolute atomic E-state index is 12.1. The number of hydrogen-bond donors (Lipinski definition) is 0. The number of halogens is 2. The van der Waals surface area contributed by atoms with Crippen molar-refractivity contribution in [2.45, 2.75) is 12.5 Å².